The Balaban J connectivity index is 2.29. The van der Waals surface area contributed by atoms with Gasteiger partial charge in [0.25, 0.3) is 0 Å². The van der Waals surface area contributed by atoms with E-state index in [2.05, 4.69) is 0 Å². The van der Waals surface area contributed by atoms with Crippen molar-refractivity contribution < 1.29 is 0 Å². The van der Waals surface area contributed by atoms with Crippen LogP contribution in [0.25, 0.3) is 0 Å². The van der Waals surface area contributed by atoms with Gasteiger partial charge in [-0.3, -0.25) is 0 Å². The number of hydrogen-bond acceptors (Lipinski definition) is 1. The van der Waals surface area contributed by atoms with Gasteiger partial charge in [0, 0.05) is 4.88 Å². The van der Waals surface area contributed by atoms with Gasteiger partial charge >= 0.3 is 0 Å². The molecule has 0 radical (unpaired) electrons. The Hall–Kier alpha value is -0.500. The average molecular weight is 243 g/mol. The van der Waals surface area contributed by atoms with Crippen LogP contribution >= 0.6 is 34.5 Å². The van der Waals surface area contributed by atoms with Gasteiger partial charge in [-0.05, 0) is 17.7 Å². The Morgan fingerprint density at radius 3 is 2.29 bits per heavy atom. The van der Waals surface area contributed by atoms with Crippen LogP contribution in [0.1, 0.15) is 15.8 Å². The van der Waals surface area contributed by atoms with Crippen LogP contribution in [0.15, 0.2) is 42.5 Å². The first-order valence-corrected chi connectivity index (χ1v) is 5.85. The maximum absolute atomic E-state index is 6.30. The predicted molar refractivity (Wildman–Crippen MR) is 63.5 cm³/mol. The summed E-state index contributed by atoms with van der Waals surface area (Å²) in [4.78, 5) is 1.09. The molecule has 0 saturated carbocycles. The monoisotopic (exact) mass is 242 g/mol. The number of thiophene rings is 1. The third-order valence-corrected chi connectivity index (χ3v) is 3.85. The summed E-state index contributed by atoms with van der Waals surface area (Å²) < 4.78 is 0.779. The first-order chi connectivity index (χ1) is 6.77. The molecule has 0 amide bonds. The molecule has 2 aromatic rings. The van der Waals surface area contributed by atoms with Crippen molar-refractivity contribution in [3.05, 3.63) is 57.2 Å². The molecule has 0 N–H and O–H groups in total. The minimum Gasteiger partial charge on any atom is -0.127 e. The highest BCUT2D eigenvalue weighted by atomic mass is 35.5. The van der Waals surface area contributed by atoms with E-state index in [0.29, 0.717) is 0 Å². The number of hydrogen-bond donors (Lipinski definition) is 0. The molecule has 0 aliphatic carbocycles. The molecule has 0 saturated heterocycles. The summed E-state index contributed by atoms with van der Waals surface area (Å²) in [5.74, 6) is 0. The highest BCUT2D eigenvalue weighted by molar-refractivity contribution is 7.16. The SMILES string of the molecule is Clc1ccc(C(Cl)c2ccccc2)s1. The van der Waals surface area contributed by atoms with Gasteiger partial charge in [0.1, 0.15) is 0 Å². The number of halogens is 2. The van der Waals surface area contributed by atoms with Crippen LogP contribution in [0.4, 0.5) is 0 Å². The van der Waals surface area contributed by atoms with Crippen LogP contribution in [0.2, 0.25) is 4.34 Å². The second-order valence-electron chi connectivity index (χ2n) is 2.92. The lowest BCUT2D eigenvalue weighted by atomic mass is 10.1. The van der Waals surface area contributed by atoms with Crippen molar-refractivity contribution in [3.63, 3.8) is 0 Å². The van der Waals surface area contributed by atoms with E-state index in [0.717, 1.165) is 14.8 Å². The Bertz CT molecular complexity index is 408. The van der Waals surface area contributed by atoms with Gasteiger partial charge in [-0.1, -0.05) is 41.9 Å². The summed E-state index contributed by atoms with van der Waals surface area (Å²) in [6.45, 7) is 0. The molecular formula is C11H8Cl2S. The third-order valence-electron chi connectivity index (χ3n) is 1.94. The minimum absolute atomic E-state index is 0.0892. The van der Waals surface area contributed by atoms with E-state index < -0.39 is 0 Å². The summed E-state index contributed by atoms with van der Waals surface area (Å²) in [6, 6.07) is 13.8. The molecule has 1 aromatic carbocycles. The van der Waals surface area contributed by atoms with Crippen molar-refractivity contribution in [2.45, 2.75) is 5.38 Å². The molecule has 3 heteroatoms. The third kappa shape index (κ3) is 2.11. The standard InChI is InChI=1S/C11H8Cl2S/c12-10-7-6-9(14-10)11(13)8-4-2-1-3-5-8/h1-7,11H. The van der Waals surface area contributed by atoms with Crippen LogP contribution in [0, 0.1) is 0 Å². The van der Waals surface area contributed by atoms with Crippen LogP contribution in [-0.2, 0) is 0 Å². The normalized spacial score (nSPS) is 12.7. The molecular weight excluding hydrogens is 235 g/mol. The summed E-state index contributed by atoms with van der Waals surface area (Å²) in [5, 5.41) is -0.0892. The van der Waals surface area contributed by atoms with Crippen molar-refractivity contribution >= 4 is 34.5 Å². The van der Waals surface area contributed by atoms with Gasteiger partial charge in [-0.25, -0.2) is 0 Å². The van der Waals surface area contributed by atoms with Gasteiger partial charge in [-0.2, -0.15) is 0 Å². The van der Waals surface area contributed by atoms with Crippen molar-refractivity contribution in [1.82, 2.24) is 0 Å². The molecule has 1 heterocycles. The van der Waals surface area contributed by atoms with Gasteiger partial charge in [-0.15, -0.1) is 22.9 Å². The predicted octanol–water partition coefficient (Wildman–Crippen LogP) is 4.73. The van der Waals surface area contributed by atoms with E-state index in [1.54, 1.807) is 0 Å². The lowest BCUT2D eigenvalue weighted by Gasteiger charge is -2.06. The van der Waals surface area contributed by atoms with E-state index in [4.69, 9.17) is 23.2 Å². The number of benzene rings is 1. The van der Waals surface area contributed by atoms with Gasteiger partial charge < -0.3 is 0 Å². The molecule has 1 atom stereocenters. The molecule has 0 aliphatic rings. The first kappa shape index (κ1) is 10.0. The van der Waals surface area contributed by atoms with E-state index in [9.17, 15) is 0 Å². The maximum Gasteiger partial charge on any atom is 0.0931 e. The summed E-state index contributed by atoms with van der Waals surface area (Å²) >= 11 is 13.7. The highest BCUT2D eigenvalue weighted by Gasteiger charge is 2.11. The smallest absolute Gasteiger partial charge is 0.0931 e. The van der Waals surface area contributed by atoms with Crippen LogP contribution in [0.5, 0.6) is 0 Å². The lowest BCUT2D eigenvalue weighted by Crippen LogP contribution is -1.88. The molecule has 0 bridgehead atoms. The molecule has 14 heavy (non-hydrogen) atoms. The summed E-state index contributed by atoms with van der Waals surface area (Å²) in [6.07, 6.45) is 0. The van der Waals surface area contributed by atoms with E-state index in [-0.39, 0.29) is 5.38 Å². The van der Waals surface area contributed by atoms with Gasteiger partial charge in [0.05, 0.1) is 9.71 Å². The first-order valence-electron chi connectivity index (χ1n) is 4.21. The lowest BCUT2D eigenvalue weighted by molar-refractivity contribution is 1.18. The molecule has 1 aromatic heterocycles. The number of alkyl halides is 1. The average Bonchev–Trinajstić information content (AvgIpc) is 2.65. The Morgan fingerprint density at radius 1 is 1.00 bits per heavy atom. The Labute approximate surface area is 97.1 Å². The number of rotatable bonds is 2. The van der Waals surface area contributed by atoms with E-state index >= 15 is 0 Å². The molecule has 0 aliphatic heterocycles. The Kier molecular flexibility index (Phi) is 3.12. The Morgan fingerprint density at radius 2 is 1.71 bits per heavy atom. The van der Waals surface area contributed by atoms with Crippen molar-refractivity contribution in [1.29, 1.82) is 0 Å². The quantitative estimate of drug-likeness (QED) is 0.669. The van der Waals surface area contributed by atoms with Crippen molar-refractivity contribution in [2.75, 3.05) is 0 Å². The fourth-order valence-electron chi connectivity index (χ4n) is 1.25. The zero-order valence-corrected chi connectivity index (χ0v) is 9.61. The molecule has 72 valence electrons. The van der Waals surface area contributed by atoms with Gasteiger partial charge in [0.2, 0.25) is 0 Å². The van der Waals surface area contributed by atoms with E-state index in [1.807, 2.05) is 42.5 Å². The second-order valence-corrected chi connectivity index (χ2v) is 5.10. The largest absolute Gasteiger partial charge is 0.127 e. The van der Waals surface area contributed by atoms with Crippen LogP contribution in [-0.4, -0.2) is 0 Å². The molecule has 1 unspecified atom stereocenters. The van der Waals surface area contributed by atoms with E-state index in [1.165, 1.54) is 11.3 Å². The van der Waals surface area contributed by atoms with Crippen molar-refractivity contribution in [2.24, 2.45) is 0 Å². The second kappa shape index (κ2) is 4.35. The molecule has 0 fully saturated rings. The maximum atomic E-state index is 6.30. The van der Waals surface area contributed by atoms with Crippen molar-refractivity contribution in [3.8, 4) is 0 Å². The topological polar surface area (TPSA) is 0 Å². The van der Waals surface area contributed by atoms with Gasteiger partial charge in [0.15, 0.2) is 0 Å². The summed E-state index contributed by atoms with van der Waals surface area (Å²) in [5.41, 5.74) is 1.10. The fourth-order valence-corrected chi connectivity index (χ4v) is 2.67. The zero-order valence-electron chi connectivity index (χ0n) is 7.28. The fraction of sp³-hybridized carbons (Fsp3) is 0.0909. The van der Waals surface area contributed by atoms with Crippen LogP contribution in [0.3, 0.4) is 0 Å². The highest BCUT2D eigenvalue weighted by Crippen LogP contribution is 2.35. The molecule has 0 spiro atoms. The van der Waals surface area contributed by atoms with Crippen LogP contribution < -0.4 is 0 Å². The molecule has 2 rings (SSSR count). The minimum atomic E-state index is -0.0892. The zero-order chi connectivity index (χ0) is 9.97. The molecule has 0 nitrogen and oxygen atoms in total. The summed E-state index contributed by atoms with van der Waals surface area (Å²) in [7, 11) is 0.